The van der Waals surface area contributed by atoms with Gasteiger partial charge in [0.1, 0.15) is 0 Å². The highest BCUT2D eigenvalue weighted by atomic mass is 32.2. The summed E-state index contributed by atoms with van der Waals surface area (Å²) in [6.45, 7) is 11.8. The Bertz CT molecular complexity index is 1360. The van der Waals surface area contributed by atoms with E-state index in [-0.39, 0.29) is 5.91 Å². The number of carbonyl (C=O) groups is 1. The van der Waals surface area contributed by atoms with Crippen LogP contribution in [0, 0.1) is 27.7 Å². The molecule has 5 rings (SSSR count). The third-order valence-corrected chi connectivity index (χ3v) is 8.02. The fourth-order valence-electron chi connectivity index (χ4n) is 4.66. The Labute approximate surface area is 217 Å². The molecule has 3 heterocycles. The van der Waals surface area contributed by atoms with Gasteiger partial charge in [-0.25, -0.2) is 4.99 Å². The number of benzene rings is 2. The highest BCUT2D eigenvalue weighted by Crippen LogP contribution is 2.35. The molecule has 3 aromatic rings. The van der Waals surface area contributed by atoms with Crippen molar-refractivity contribution < 1.29 is 9.53 Å². The van der Waals surface area contributed by atoms with Crippen molar-refractivity contribution in [2.45, 2.75) is 27.7 Å². The normalized spacial score (nSPS) is 18.6. The lowest BCUT2D eigenvalue weighted by atomic mass is 10.1. The highest BCUT2D eigenvalue weighted by Gasteiger charge is 2.30. The number of morpholine rings is 1. The van der Waals surface area contributed by atoms with E-state index >= 15 is 0 Å². The Hall–Kier alpha value is -3.29. The van der Waals surface area contributed by atoms with Crippen LogP contribution in [0.3, 0.4) is 0 Å². The van der Waals surface area contributed by atoms with Crippen molar-refractivity contribution in [3.05, 3.63) is 81.5 Å². The summed E-state index contributed by atoms with van der Waals surface area (Å²) >= 11 is 1.42. The Balaban J connectivity index is 1.39. The van der Waals surface area contributed by atoms with Crippen LogP contribution in [0.1, 0.15) is 28.1 Å². The molecule has 0 atom stereocenters. The van der Waals surface area contributed by atoms with Crippen LogP contribution < -0.4 is 4.90 Å². The number of aromatic nitrogens is 1. The second-order valence-electron chi connectivity index (χ2n) is 9.42. The monoisotopic (exact) mass is 500 g/mol. The molecule has 7 heteroatoms. The molecule has 0 aliphatic carbocycles. The van der Waals surface area contributed by atoms with E-state index in [4.69, 9.17) is 9.73 Å². The summed E-state index contributed by atoms with van der Waals surface area (Å²) in [6.07, 6.45) is 1.99. The van der Waals surface area contributed by atoms with E-state index in [9.17, 15) is 4.79 Å². The van der Waals surface area contributed by atoms with Crippen molar-refractivity contribution in [1.29, 1.82) is 0 Å². The SMILES string of the molecule is Cc1ccc(-n2c(C)cc(/C=C3\SC(=Nc4ccc(N5CCOCC5)cc4)N(C)C3=O)c2C)cc1C. The zero-order valence-corrected chi connectivity index (χ0v) is 22.4. The maximum atomic E-state index is 13.1. The molecule has 2 aromatic carbocycles. The van der Waals surface area contributed by atoms with Crippen molar-refractivity contribution in [1.82, 2.24) is 9.47 Å². The fourth-order valence-corrected chi connectivity index (χ4v) is 5.64. The summed E-state index contributed by atoms with van der Waals surface area (Å²) in [6, 6.07) is 16.9. The molecule has 0 spiro atoms. The lowest BCUT2D eigenvalue weighted by molar-refractivity contribution is -0.121. The molecule has 2 aliphatic rings. The number of hydrogen-bond acceptors (Lipinski definition) is 5. The molecule has 0 N–H and O–H groups in total. The minimum absolute atomic E-state index is 0.0281. The second kappa shape index (κ2) is 9.99. The summed E-state index contributed by atoms with van der Waals surface area (Å²) in [5.41, 5.74) is 9.00. The lowest BCUT2D eigenvalue weighted by Gasteiger charge is -2.28. The molecule has 2 saturated heterocycles. The first-order valence-electron chi connectivity index (χ1n) is 12.3. The van der Waals surface area contributed by atoms with E-state index in [0.717, 1.165) is 54.6 Å². The molecule has 0 bridgehead atoms. The molecule has 36 heavy (non-hydrogen) atoms. The summed E-state index contributed by atoms with van der Waals surface area (Å²) in [5, 5.41) is 0.688. The van der Waals surface area contributed by atoms with Gasteiger partial charge in [-0.15, -0.1) is 0 Å². The van der Waals surface area contributed by atoms with Crippen LogP contribution in [-0.4, -0.2) is 53.9 Å². The molecule has 2 fully saturated rings. The average Bonchev–Trinajstić information content (AvgIpc) is 3.31. The van der Waals surface area contributed by atoms with E-state index in [0.29, 0.717) is 10.1 Å². The number of ether oxygens (including phenoxy) is 1. The van der Waals surface area contributed by atoms with Gasteiger partial charge in [-0.3, -0.25) is 9.69 Å². The molecular formula is C29H32N4O2S. The van der Waals surface area contributed by atoms with Crippen LogP contribution in [0.4, 0.5) is 11.4 Å². The molecule has 0 radical (unpaired) electrons. The predicted molar refractivity (Wildman–Crippen MR) is 150 cm³/mol. The molecule has 0 unspecified atom stereocenters. The second-order valence-corrected chi connectivity index (χ2v) is 10.4. The van der Waals surface area contributed by atoms with Crippen LogP contribution in [-0.2, 0) is 9.53 Å². The number of aryl methyl sites for hydroxylation is 3. The van der Waals surface area contributed by atoms with Crippen LogP contribution >= 0.6 is 11.8 Å². The number of hydrogen-bond donors (Lipinski definition) is 0. The van der Waals surface area contributed by atoms with Crippen molar-refractivity contribution in [3.63, 3.8) is 0 Å². The van der Waals surface area contributed by atoms with E-state index in [2.05, 4.69) is 73.6 Å². The Morgan fingerprint density at radius 3 is 2.31 bits per heavy atom. The number of nitrogens with zero attached hydrogens (tertiary/aromatic N) is 4. The number of thioether (sulfide) groups is 1. The van der Waals surface area contributed by atoms with E-state index in [1.807, 2.05) is 18.2 Å². The van der Waals surface area contributed by atoms with Crippen molar-refractivity contribution in [2.75, 3.05) is 38.3 Å². The Morgan fingerprint density at radius 1 is 0.917 bits per heavy atom. The zero-order valence-electron chi connectivity index (χ0n) is 21.5. The molecule has 2 aliphatic heterocycles. The van der Waals surface area contributed by atoms with Gasteiger partial charge in [-0.2, -0.15) is 0 Å². The first-order valence-corrected chi connectivity index (χ1v) is 13.1. The maximum absolute atomic E-state index is 13.1. The molecule has 1 aromatic heterocycles. The number of aliphatic imine (C=N–C) groups is 1. The van der Waals surface area contributed by atoms with Gasteiger partial charge in [0.2, 0.25) is 0 Å². The minimum atomic E-state index is -0.0281. The summed E-state index contributed by atoms with van der Waals surface area (Å²) in [5.74, 6) is -0.0281. The van der Waals surface area contributed by atoms with Gasteiger partial charge in [0, 0.05) is 42.9 Å². The molecule has 6 nitrogen and oxygen atoms in total. The van der Waals surface area contributed by atoms with Gasteiger partial charge >= 0.3 is 0 Å². The third-order valence-electron chi connectivity index (χ3n) is 6.96. The predicted octanol–water partition coefficient (Wildman–Crippen LogP) is 5.78. The van der Waals surface area contributed by atoms with Gasteiger partial charge in [0.15, 0.2) is 5.17 Å². The largest absolute Gasteiger partial charge is 0.378 e. The number of amides is 1. The number of amidine groups is 1. The van der Waals surface area contributed by atoms with Crippen LogP contribution in [0.5, 0.6) is 0 Å². The smallest absolute Gasteiger partial charge is 0.266 e. The first kappa shape index (κ1) is 24.4. The van der Waals surface area contributed by atoms with Gasteiger partial charge in [-0.05, 0) is 105 Å². The summed E-state index contributed by atoms with van der Waals surface area (Å²) in [7, 11) is 1.79. The van der Waals surface area contributed by atoms with Crippen molar-refractivity contribution >= 4 is 40.3 Å². The molecule has 186 valence electrons. The first-order chi connectivity index (χ1) is 17.3. The van der Waals surface area contributed by atoms with E-state index in [1.165, 1.54) is 28.6 Å². The van der Waals surface area contributed by atoms with Gasteiger partial charge < -0.3 is 14.2 Å². The Kier molecular flexibility index (Phi) is 6.77. The fraction of sp³-hybridized carbons (Fsp3) is 0.310. The lowest BCUT2D eigenvalue weighted by Crippen LogP contribution is -2.36. The van der Waals surface area contributed by atoms with Crippen molar-refractivity contribution in [3.8, 4) is 5.69 Å². The average molecular weight is 501 g/mol. The van der Waals surface area contributed by atoms with E-state index < -0.39 is 0 Å². The van der Waals surface area contributed by atoms with Crippen LogP contribution in [0.15, 0.2) is 58.4 Å². The Morgan fingerprint density at radius 2 is 1.61 bits per heavy atom. The van der Waals surface area contributed by atoms with Gasteiger partial charge in [-0.1, -0.05) is 6.07 Å². The zero-order chi connectivity index (χ0) is 25.4. The molecular weight excluding hydrogens is 468 g/mol. The highest BCUT2D eigenvalue weighted by molar-refractivity contribution is 8.18. The van der Waals surface area contributed by atoms with Crippen molar-refractivity contribution in [2.24, 2.45) is 4.99 Å². The summed E-state index contributed by atoms with van der Waals surface area (Å²) < 4.78 is 7.69. The number of rotatable bonds is 4. The maximum Gasteiger partial charge on any atom is 0.266 e. The van der Waals surface area contributed by atoms with E-state index in [1.54, 1.807) is 11.9 Å². The standard InChI is InChI=1S/C29H32N4O2S/c1-19-6-9-26(16-20(19)2)33-21(3)17-23(22(33)4)18-27-28(34)31(5)29(36-27)30-24-7-10-25(11-8-24)32-12-14-35-15-13-32/h6-11,16-18H,12-15H2,1-5H3/b27-18-,30-29?. The van der Waals surface area contributed by atoms with Crippen LogP contribution in [0.2, 0.25) is 0 Å². The third kappa shape index (κ3) is 4.73. The minimum Gasteiger partial charge on any atom is -0.378 e. The van der Waals surface area contributed by atoms with Crippen LogP contribution in [0.25, 0.3) is 11.8 Å². The summed E-state index contributed by atoms with van der Waals surface area (Å²) in [4.78, 5) is 22.5. The quantitative estimate of drug-likeness (QED) is 0.426. The van der Waals surface area contributed by atoms with Gasteiger partial charge in [0.25, 0.3) is 5.91 Å². The molecule has 0 saturated carbocycles. The van der Waals surface area contributed by atoms with Gasteiger partial charge in [0.05, 0.1) is 23.8 Å². The number of likely N-dealkylation sites (N-methyl/N-ethyl adjacent to an activating group) is 1. The molecule has 1 amide bonds. The number of anilines is 1. The number of carbonyl (C=O) groups excluding carboxylic acids is 1. The topological polar surface area (TPSA) is 50.1 Å².